The molecule has 1 atom stereocenters. The molecule has 2 nitrogen and oxygen atoms in total. The summed E-state index contributed by atoms with van der Waals surface area (Å²) >= 11 is 5.83. The van der Waals surface area contributed by atoms with E-state index in [4.69, 9.17) is 11.6 Å². The Bertz CT molecular complexity index is 323. The number of hydrogen-bond donors (Lipinski definition) is 0. The van der Waals surface area contributed by atoms with Gasteiger partial charge in [-0.15, -0.1) is 0 Å². The first kappa shape index (κ1) is 14.4. The zero-order valence-electron chi connectivity index (χ0n) is 11.2. The van der Waals surface area contributed by atoms with Crippen molar-refractivity contribution in [2.75, 3.05) is 0 Å². The van der Waals surface area contributed by atoms with E-state index >= 15 is 0 Å². The third-order valence-corrected chi connectivity index (χ3v) is 3.72. The fraction of sp³-hybridized carbons (Fsp3) is 0.714. The lowest BCUT2D eigenvalue weighted by Gasteiger charge is -2.26. The second kappa shape index (κ2) is 6.95. The number of aromatic nitrogens is 2. The lowest BCUT2D eigenvalue weighted by molar-refractivity contribution is 0.374. The highest BCUT2D eigenvalue weighted by atomic mass is 35.5. The first-order chi connectivity index (χ1) is 8.12. The van der Waals surface area contributed by atoms with Crippen molar-refractivity contribution in [1.82, 2.24) is 9.97 Å². The summed E-state index contributed by atoms with van der Waals surface area (Å²) in [5, 5.41) is 0.609. The Kier molecular flexibility index (Phi) is 5.90. The molecule has 0 aromatic carbocycles. The molecule has 0 N–H and O–H groups in total. The van der Waals surface area contributed by atoms with Crippen LogP contribution in [0.2, 0.25) is 5.02 Å². The van der Waals surface area contributed by atoms with Gasteiger partial charge in [-0.2, -0.15) is 0 Å². The predicted octanol–water partition coefficient (Wildman–Crippen LogP) is 4.77. The summed E-state index contributed by atoms with van der Waals surface area (Å²) < 4.78 is 0. The third-order valence-electron chi connectivity index (χ3n) is 3.52. The minimum atomic E-state index is 0.0956. The number of rotatable bonds is 7. The molecule has 0 fully saturated rings. The van der Waals surface area contributed by atoms with Gasteiger partial charge in [-0.25, -0.2) is 9.97 Å². The summed E-state index contributed by atoms with van der Waals surface area (Å²) in [5.41, 5.74) is 0.0956. The van der Waals surface area contributed by atoms with Crippen LogP contribution in [0, 0.1) is 0 Å². The van der Waals surface area contributed by atoms with Gasteiger partial charge < -0.3 is 0 Å². The van der Waals surface area contributed by atoms with Gasteiger partial charge in [0.15, 0.2) is 0 Å². The van der Waals surface area contributed by atoms with E-state index < -0.39 is 0 Å². The molecule has 1 rings (SSSR count). The Balaban J connectivity index is 2.63. The molecular weight excluding hydrogens is 232 g/mol. The molecule has 1 aromatic rings. The summed E-state index contributed by atoms with van der Waals surface area (Å²) in [6, 6.07) is 0. The van der Waals surface area contributed by atoms with Crippen molar-refractivity contribution < 1.29 is 0 Å². The Labute approximate surface area is 110 Å². The largest absolute Gasteiger partial charge is 0.239 e. The fourth-order valence-corrected chi connectivity index (χ4v) is 2.11. The molecule has 0 amide bonds. The highest BCUT2D eigenvalue weighted by Crippen LogP contribution is 2.30. The van der Waals surface area contributed by atoms with Crippen molar-refractivity contribution in [2.24, 2.45) is 0 Å². The summed E-state index contributed by atoms with van der Waals surface area (Å²) in [4.78, 5) is 8.75. The summed E-state index contributed by atoms with van der Waals surface area (Å²) in [6.45, 7) is 6.70. The Morgan fingerprint density at radius 1 is 1.12 bits per heavy atom. The topological polar surface area (TPSA) is 25.8 Å². The maximum Gasteiger partial charge on any atom is 0.134 e. The van der Waals surface area contributed by atoms with Crippen LogP contribution in [-0.2, 0) is 5.41 Å². The van der Waals surface area contributed by atoms with Crippen LogP contribution in [0.15, 0.2) is 12.4 Å². The van der Waals surface area contributed by atoms with Crippen molar-refractivity contribution >= 4 is 11.6 Å². The van der Waals surface area contributed by atoms with Gasteiger partial charge in [0, 0.05) is 17.8 Å². The van der Waals surface area contributed by atoms with Gasteiger partial charge in [0.05, 0.1) is 5.02 Å². The minimum Gasteiger partial charge on any atom is -0.239 e. The lowest BCUT2D eigenvalue weighted by Crippen LogP contribution is -2.23. The number of unbranched alkanes of at least 4 members (excludes halogenated alkanes) is 3. The molecule has 0 aliphatic carbocycles. The van der Waals surface area contributed by atoms with Gasteiger partial charge in [0.25, 0.3) is 0 Å². The fourth-order valence-electron chi connectivity index (χ4n) is 2.01. The Morgan fingerprint density at radius 3 is 2.29 bits per heavy atom. The average Bonchev–Trinajstić information content (AvgIpc) is 2.35. The van der Waals surface area contributed by atoms with E-state index in [1.807, 2.05) is 0 Å². The number of hydrogen-bond acceptors (Lipinski definition) is 2. The van der Waals surface area contributed by atoms with Crippen molar-refractivity contribution in [3.8, 4) is 0 Å². The van der Waals surface area contributed by atoms with Crippen LogP contribution in [0.5, 0.6) is 0 Å². The van der Waals surface area contributed by atoms with E-state index in [0.29, 0.717) is 5.02 Å². The van der Waals surface area contributed by atoms with Crippen LogP contribution >= 0.6 is 11.6 Å². The van der Waals surface area contributed by atoms with Crippen LogP contribution < -0.4 is 0 Å². The van der Waals surface area contributed by atoms with Gasteiger partial charge in [-0.1, -0.05) is 58.1 Å². The molecule has 0 saturated carbocycles. The van der Waals surface area contributed by atoms with Crippen LogP contribution in [0.25, 0.3) is 0 Å². The maximum atomic E-state index is 5.83. The second-order valence-electron chi connectivity index (χ2n) is 4.95. The van der Waals surface area contributed by atoms with E-state index in [1.54, 1.807) is 12.4 Å². The van der Waals surface area contributed by atoms with Crippen LogP contribution in [-0.4, -0.2) is 9.97 Å². The number of nitrogens with zero attached hydrogens (tertiary/aromatic N) is 2. The lowest BCUT2D eigenvalue weighted by atomic mass is 9.81. The highest BCUT2D eigenvalue weighted by Gasteiger charge is 2.26. The third kappa shape index (κ3) is 4.27. The predicted molar refractivity (Wildman–Crippen MR) is 73.4 cm³/mol. The summed E-state index contributed by atoms with van der Waals surface area (Å²) in [7, 11) is 0. The van der Waals surface area contributed by atoms with Crippen LogP contribution in [0.4, 0.5) is 0 Å². The Hall–Kier alpha value is -0.630. The van der Waals surface area contributed by atoms with E-state index in [9.17, 15) is 0 Å². The van der Waals surface area contributed by atoms with Gasteiger partial charge in [-0.05, 0) is 12.8 Å². The molecule has 0 aliphatic heterocycles. The van der Waals surface area contributed by atoms with Crippen LogP contribution in [0.1, 0.15) is 65.1 Å². The Morgan fingerprint density at radius 2 is 1.76 bits per heavy atom. The SMILES string of the molecule is CCCCCCC(C)(CC)c1ncc(Cl)cn1. The molecule has 1 aromatic heterocycles. The standard InChI is InChI=1S/C14H23ClN2/c1-4-6-7-8-9-14(3,5-2)13-16-10-12(15)11-17-13/h10-11H,4-9H2,1-3H3. The molecule has 0 saturated heterocycles. The maximum absolute atomic E-state index is 5.83. The summed E-state index contributed by atoms with van der Waals surface area (Å²) in [5.74, 6) is 0.931. The highest BCUT2D eigenvalue weighted by molar-refractivity contribution is 6.30. The van der Waals surface area contributed by atoms with Crippen molar-refractivity contribution in [2.45, 2.75) is 64.7 Å². The second-order valence-corrected chi connectivity index (χ2v) is 5.39. The molecule has 1 unspecified atom stereocenters. The summed E-state index contributed by atoms with van der Waals surface area (Å²) in [6.07, 6.45) is 10.8. The van der Waals surface area contributed by atoms with E-state index in [-0.39, 0.29) is 5.41 Å². The molecule has 0 bridgehead atoms. The molecule has 0 spiro atoms. The van der Waals surface area contributed by atoms with Crippen molar-refractivity contribution in [3.63, 3.8) is 0 Å². The molecule has 3 heteroatoms. The van der Waals surface area contributed by atoms with Gasteiger partial charge in [0.2, 0.25) is 0 Å². The molecule has 17 heavy (non-hydrogen) atoms. The minimum absolute atomic E-state index is 0.0956. The van der Waals surface area contributed by atoms with Gasteiger partial charge >= 0.3 is 0 Å². The quantitative estimate of drug-likeness (QED) is 0.655. The smallest absolute Gasteiger partial charge is 0.134 e. The first-order valence-electron chi connectivity index (χ1n) is 6.60. The average molecular weight is 255 g/mol. The molecular formula is C14H23ClN2. The van der Waals surface area contributed by atoms with E-state index in [2.05, 4.69) is 30.7 Å². The van der Waals surface area contributed by atoms with E-state index in [0.717, 1.165) is 18.7 Å². The van der Waals surface area contributed by atoms with E-state index in [1.165, 1.54) is 25.7 Å². The van der Waals surface area contributed by atoms with Gasteiger partial charge in [-0.3, -0.25) is 0 Å². The normalized spacial score (nSPS) is 14.6. The van der Waals surface area contributed by atoms with Crippen molar-refractivity contribution in [3.05, 3.63) is 23.2 Å². The molecule has 96 valence electrons. The first-order valence-corrected chi connectivity index (χ1v) is 6.98. The van der Waals surface area contributed by atoms with Crippen molar-refractivity contribution in [1.29, 1.82) is 0 Å². The zero-order chi connectivity index (χ0) is 12.7. The molecule has 0 radical (unpaired) electrons. The monoisotopic (exact) mass is 254 g/mol. The van der Waals surface area contributed by atoms with Crippen LogP contribution in [0.3, 0.4) is 0 Å². The van der Waals surface area contributed by atoms with Gasteiger partial charge in [0.1, 0.15) is 5.82 Å². The number of halogens is 1. The molecule has 0 aliphatic rings. The molecule has 1 heterocycles. The zero-order valence-corrected chi connectivity index (χ0v) is 11.9.